The fourth-order valence-electron chi connectivity index (χ4n) is 4.46. The van der Waals surface area contributed by atoms with E-state index in [0.717, 1.165) is 12.8 Å². The molecule has 1 aliphatic rings. The van der Waals surface area contributed by atoms with Crippen LogP contribution in [0.4, 0.5) is 0 Å². The predicted octanol–water partition coefficient (Wildman–Crippen LogP) is 2.75. The van der Waals surface area contributed by atoms with Crippen molar-refractivity contribution in [1.82, 2.24) is 30.0 Å². The zero-order chi connectivity index (χ0) is 23.9. The topological polar surface area (TPSA) is 136 Å². The molecule has 0 aromatic carbocycles. The number of nitrogens with zero attached hydrogens (tertiary/aromatic N) is 4. The molecule has 10 heteroatoms. The number of nitrogens with one attached hydrogen (secondary N) is 2. The number of amides is 1. The summed E-state index contributed by atoms with van der Waals surface area (Å²) in [6, 6.07) is 1.64. The van der Waals surface area contributed by atoms with Gasteiger partial charge in [-0.05, 0) is 30.7 Å². The average Bonchev–Trinajstić information content (AvgIpc) is 3.39. The molecule has 3 aromatic rings. The SMILES string of the molecule is Cc1nc(C2(NC(=O)c3cc(C(C)C)nc4c3c(=O)[nH]c(=O)n4CC(C)C)CCCC2)no1. The molecule has 1 aliphatic carbocycles. The number of rotatable bonds is 6. The number of fused-ring (bicyclic) bond motifs is 1. The number of aryl methyl sites for hydroxylation is 1. The molecule has 0 bridgehead atoms. The summed E-state index contributed by atoms with van der Waals surface area (Å²) in [4.78, 5) is 50.6. The maximum Gasteiger partial charge on any atom is 0.330 e. The van der Waals surface area contributed by atoms with Crippen LogP contribution in [0.25, 0.3) is 11.0 Å². The predicted molar refractivity (Wildman–Crippen MR) is 122 cm³/mol. The van der Waals surface area contributed by atoms with E-state index in [1.807, 2.05) is 27.7 Å². The fraction of sp³-hybridized carbons (Fsp3) is 0.565. The third kappa shape index (κ3) is 4.21. The van der Waals surface area contributed by atoms with Gasteiger partial charge in [0.15, 0.2) is 11.5 Å². The molecular weight excluding hydrogens is 424 g/mol. The summed E-state index contributed by atoms with van der Waals surface area (Å²) in [5.74, 6) is 0.578. The maximum atomic E-state index is 13.7. The van der Waals surface area contributed by atoms with Gasteiger partial charge in [-0.15, -0.1) is 0 Å². The van der Waals surface area contributed by atoms with Gasteiger partial charge in [-0.2, -0.15) is 4.98 Å². The van der Waals surface area contributed by atoms with Gasteiger partial charge in [-0.1, -0.05) is 45.7 Å². The Balaban J connectivity index is 1.90. The van der Waals surface area contributed by atoms with Gasteiger partial charge < -0.3 is 9.84 Å². The third-order valence-corrected chi connectivity index (χ3v) is 6.12. The van der Waals surface area contributed by atoms with Crippen molar-refractivity contribution in [2.45, 2.75) is 78.3 Å². The minimum atomic E-state index is -0.762. The van der Waals surface area contributed by atoms with Crippen LogP contribution in [0.3, 0.4) is 0 Å². The van der Waals surface area contributed by atoms with Gasteiger partial charge in [0.25, 0.3) is 11.5 Å². The highest BCUT2D eigenvalue weighted by Gasteiger charge is 2.42. The van der Waals surface area contributed by atoms with Crippen molar-refractivity contribution in [3.8, 4) is 0 Å². The lowest BCUT2D eigenvalue weighted by molar-refractivity contribution is 0.0893. The molecule has 1 amide bonds. The minimum Gasteiger partial charge on any atom is -0.340 e. The van der Waals surface area contributed by atoms with Crippen LogP contribution in [0.2, 0.25) is 0 Å². The van der Waals surface area contributed by atoms with Gasteiger partial charge in [0.05, 0.1) is 10.9 Å². The van der Waals surface area contributed by atoms with Crippen LogP contribution in [-0.4, -0.2) is 30.6 Å². The Labute approximate surface area is 190 Å². The first kappa shape index (κ1) is 22.9. The molecule has 0 atom stereocenters. The van der Waals surface area contributed by atoms with E-state index in [2.05, 4.69) is 25.4 Å². The van der Waals surface area contributed by atoms with Gasteiger partial charge in [-0.3, -0.25) is 19.1 Å². The molecule has 2 N–H and O–H groups in total. The van der Waals surface area contributed by atoms with Crippen molar-refractivity contribution < 1.29 is 9.32 Å². The van der Waals surface area contributed by atoms with E-state index in [1.54, 1.807) is 13.0 Å². The van der Waals surface area contributed by atoms with Crippen LogP contribution in [0.5, 0.6) is 0 Å². The second-order valence-corrected chi connectivity index (χ2v) is 9.59. The number of H-pyrrole nitrogens is 1. The minimum absolute atomic E-state index is 0.0110. The van der Waals surface area contributed by atoms with Crippen LogP contribution in [0, 0.1) is 12.8 Å². The van der Waals surface area contributed by atoms with E-state index in [9.17, 15) is 14.4 Å². The monoisotopic (exact) mass is 454 g/mol. The van der Waals surface area contributed by atoms with Gasteiger partial charge in [-0.25, -0.2) is 9.78 Å². The van der Waals surface area contributed by atoms with Gasteiger partial charge in [0, 0.05) is 19.2 Å². The number of pyridine rings is 1. The Morgan fingerprint density at radius 3 is 2.48 bits per heavy atom. The molecule has 3 heterocycles. The molecule has 33 heavy (non-hydrogen) atoms. The number of hydrogen-bond donors (Lipinski definition) is 2. The largest absolute Gasteiger partial charge is 0.340 e. The quantitative estimate of drug-likeness (QED) is 0.584. The van der Waals surface area contributed by atoms with Gasteiger partial charge in [0.2, 0.25) is 5.89 Å². The molecule has 0 unspecified atom stereocenters. The van der Waals surface area contributed by atoms with Crippen molar-refractivity contribution in [3.05, 3.63) is 49.9 Å². The van der Waals surface area contributed by atoms with E-state index >= 15 is 0 Å². The van der Waals surface area contributed by atoms with Crippen LogP contribution in [0.15, 0.2) is 20.2 Å². The highest BCUT2D eigenvalue weighted by molar-refractivity contribution is 6.05. The van der Waals surface area contributed by atoms with E-state index < -0.39 is 22.7 Å². The first-order valence-corrected chi connectivity index (χ1v) is 11.4. The van der Waals surface area contributed by atoms with Crippen molar-refractivity contribution in [2.24, 2.45) is 5.92 Å². The number of hydrogen-bond acceptors (Lipinski definition) is 7. The Kier molecular flexibility index (Phi) is 5.94. The first-order chi connectivity index (χ1) is 15.6. The molecular formula is C23H30N6O4. The molecule has 3 aromatic heterocycles. The molecule has 176 valence electrons. The van der Waals surface area contributed by atoms with E-state index in [0.29, 0.717) is 36.8 Å². The van der Waals surface area contributed by atoms with E-state index in [-0.39, 0.29) is 28.4 Å². The van der Waals surface area contributed by atoms with E-state index in [1.165, 1.54) is 4.57 Å². The number of carbonyl (C=O) groups is 1. The van der Waals surface area contributed by atoms with Crippen LogP contribution < -0.4 is 16.6 Å². The summed E-state index contributed by atoms with van der Waals surface area (Å²) in [7, 11) is 0. The van der Waals surface area contributed by atoms with Crippen molar-refractivity contribution in [3.63, 3.8) is 0 Å². The van der Waals surface area contributed by atoms with E-state index in [4.69, 9.17) is 4.52 Å². The number of aromatic nitrogens is 5. The highest BCUT2D eigenvalue weighted by Crippen LogP contribution is 2.37. The normalized spacial score (nSPS) is 15.6. The standard InChI is InChI=1S/C23H30N6O4/c1-12(2)11-29-18-17(20(31)26-22(29)32)15(10-16(25-18)13(3)4)19(30)27-23(8-6-7-9-23)21-24-14(5)33-28-21/h10,12-13H,6-9,11H2,1-5H3,(H,27,30)(H,26,31,32). The second-order valence-electron chi connectivity index (χ2n) is 9.59. The summed E-state index contributed by atoms with van der Waals surface area (Å²) in [6.45, 7) is 9.93. The first-order valence-electron chi connectivity index (χ1n) is 11.4. The molecule has 0 aliphatic heterocycles. The van der Waals surface area contributed by atoms with Gasteiger partial charge >= 0.3 is 5.69 Å². The summed E-state index contributed by atoms with van der Waals surface area (Å²) >= 11 is 0. The summed E-state index contributed by atoms with van der Waals surface area (Å²) in [6.07, 6.45) is 3.17. The summed E-state index contributed by atoms with van der Waals surface area (Å²) in [5.41, 5.74) is -0.874. The Bertz CT molecular complexity index is 1310. The molecule has 0 radical (unpaired) electrons. The zero-order valence-corrected chi connectivity index (χ0v) is 19.7. The molecule has 10 nitrogen and oxygen atoms in total. The number of aromatic amines is 1. The highest BCUT2D eigenvalue weighted by atomic mass is 16.5. The Morgan fingerprint density at radius 2 is 1.91 bits per heavy atom. The second kappa shape index (κ2) is 8.57. The Hall–Kier alpha value is -3.30. The third-order valence-electron chi connectivity index (χ3n) is 6.12. The van der Waals surface area contributed by atoms with Crippen molar-refractivity contribution in [1.29, 1.82) is 0 Å². The summed E-state index contributed by atoms with van der Waals surface area (Å²) in [5, 5.41) is 7.29. The van der Waals surface area contributed by atoms with Gasteiger partial charge in [0.1, 0.15) is 5.54 Å². The Morgan fingerprint density at radius 1 is 1.21 bits per heavy atom. The smallest absolute Gasteiger partial charge is 0.330 e. The van der Waals surface area contributed by atoms with Crippen LogP contribution in [-0.2, 0) is 12.1 Å². The average molecular weight is 455 g/mol. The zero-order valence-electron chi connectivity index (χ0n) is 19.7. The lowest BCUT2D eigenvalue weighted by Crippen LogP contribution is -2.45. The van der Waals surface area contributed by atoms with Crippen molar-refractivity contribution in [2.75, 3.05) is 0 Å². The molecule has 1 saturated carbocycles. The molecule has 0 spiro atoms. The maximum absolute atomic E-state index is 13.7. The van der Waals surface area contributed by atoms with Crippen LogP contribution in [0.1, 0.15) is 87.1 Å². The number of carbonyl (C=O) groups excluding carboxylic acids is 1. The fourth-order valence-corrected chi connectivity index (χ4v) is 4.46. The summed E-state index contributed by atoms with van der Waals surface area (Å²) < 4.78 is 6.62. The lowest BCUT2D eigenvalue weighted by atomic mass is 9.95. The lowest BCUT2D eigenvalue weighted by Gasteiger charge is -2.27. The molecule has 4 rings (SSSR count). The van der Waals surface area contributed by atoms with Crippen LogP contribution >= 0.6 is 0 Å². The molecule has 0 saturated heterocycles. The molecule has 1 fully saturated rings. The van der Waals surface area contributed by atoms with Crippen molar-refractivity contribution >= 4 is 16.9 Å².